The predicted molar refractivity (Wildman–Crippen MR) is 88.0 cm³/mol. The molecule has 0 radical (unpaired) electrons. The number of pyridine rings is 1. The summed E-state index contributed by atoms with van der Waals surface area (Å²) in [5, 5.41) is 6.00. The lowest BCUT2D eigenvalue weighted by Gasteiger charge is -2.44. The second-order valence-electron chi connectivity index (χ2n) is 6.88. The third-order valence-electron chi connectivity index (χ3n) is 5.76. The number of amides is 3. The molecule has 8 heteroatoms. The molecule has 24 heavy (non-hydrogen) atoms. The SMILES string of the molecule is O=C1NC(=O)C2(N1)C1CCC2CN(c2cc(Cl)cn3cncc23)C1. The van der Waals surface area contributed by atoms with Gasteiger partial charge in [0.05, 0.1) is 28.8 Å². The van der Waals surface area contributed by atoms with Crippen LogP contribution in [0.5, 0.6) is 0 Å². The topological polar surface area (TPSA) is 78.7 Å². The maximum absolute atomic E-state index is 12.4. The first-order chi connectivity index (χ1) is 11.6. The molecule has 124 valence electrons. The monoisotopic (exact) mass is 345 g/mol. The molecule has 3 fully saturated rings. The zero-order chi connectivity index (χ0) is 16.5. The van der Waals surface area contributed by atoms with Gasteiger partial charge in [-0.1, -0.05) is 11.6 Å². The Labute approximate surface area is 143 Å². The number of hydrogen-bond acceptors (Lipinski definition) is 4. The number of imide groups is 1. The van der Waals surface area contributed by atoms with Gasteiger partial charge < -0.3 is 14.6 Å². The van der Waals surface area contributed by atoms with E-state index in [0.717, 1.165) is 24.0 Å². The van der Waals surface area contributed by atoms with Gasteiger partial charge >= 0.3 is 6.03 Å². The second-order valence-corrected chi connectivity index (χ2v) is 7.32. The van der Waals surface area contributed by atoms with Crippen LogP contribution in [0.3, 0.4) is 0 Å². The molecular formula is C16H16ClN5O2. The Morgan fingerprint density at radius 3 is 2.67 bits per heavy atom. The van der Waals surface area contributed by atoms with Crippen molar-refractivity contribution < 1.29 is 9.59 Å². The van der Waals surface area contributed by atoms with E-state index in [0.29, 0.717) is 18.1 Å². The number of imidazole rings is 1. The van der Waals surface area contributed by atoms with Gasteiger partial charge in [-0.2, -0.15) is 0 Å². The van der Waals surface area contributed by atoms with Gasteiger partial charge in [0.2, 0.25) is 0 Å². The van der Waals surface area contributed by atoms with Crippen LogP contribution in [0.15, 0.2) is 24.8 Å². The quantitative estimate of drug-likeness (QED) is 0.766. The van der Waals surface area contributed by atoms with Gasteiger partial charge in [-0.3, -0.25) is 10.1 Å². The average Bonchev–Trinajstić information content (AvgIpc) is 3.15. The number of urea groups is 1. The highest BCUT2D eigenvalue weighted by molar-refractivity contribution is 6.31. The van der Waals surface area contributed by atoms with Crippen molar-refractivity contribution in [3.05, 3.63) is 29.8 Å². The van der Waals surface area contributed by atoms with Crippen molar-refractivity contribution >= 4 is 34.7 Å². The smallest absolute Gasteiger partial charge is 0.322 e. The lowest BCUT2D eigenvalue weighted by atomic mass is 9.77. The minimum atomic E-state index is -0.733. The fourth-order valence-corrected chi connectivity index (χ4v) is 4.96. The van der Waals surface area contributed by atoms with Crippen LogP contribution in [0.4, 0.5) is 10.5 Å². The number of carbonyl (C=O) groups excluding carboxylic acids is 2. The van der Waals surface area contributed by atoms with E-state index in [1.165, 1.54) is 0 Å². The van der Waals surface area contributed by atoms with Crippen LogP contribution >= 0.6 is 11.6 Å². The van der Waals surface area contributed by atoms with Crippen LogP contribution in [-0.4, -0.2) is 40.0 Å². The number of halogens is 1. The average molecular weight is 346 g/mol. The lowest BCUT2D eigenvalue weighted by Crippen LogP contribution is -2.63. The van der Waals surface area contributed by atoms with E-state index in [9.17, 15) is 9.59 Å². The summed E-state index contributed by atoms with van der Waals surface area (Å²) in [5.74, 6) is 0.0366. The van der Waals surface area contributed by atoms with Gasteiger partial charge in [-0.05, 0) is 18.9 Å². The Bertz CT molecular complexity index is 864. The molecule has 4 heterocycles. The summed E-state index contributed by atoms with van der Waals surface area (Å²) in [7, 11) is 0. The first-order valence-electron chi connectivity index (χ1n) is 8.07. The minimum Gasteiger partial charge on any atom is -0.369 e. The number of nitrogens with one attached hydrogen (secondary N) is 2. The number of hydrogen-bond donors (Lipinski definition) is 2. The zero-order valence-corrected chi connectivity index (χ0v) is 13.6. The molecule has 2 unspecified atom stereocenters. The number of fused-ring (bicyclic) bond motifs is 1. The Morgan fingerprint density at radius 1 is 1.25 bits per heavy atom. The number of aromatic nitrogens is 2. The van der Waals surface area contributed by atoms with Crippen LogP contribution in [0, 0.1) is 11.8 Å². The maximum atomic E-state index is 12.4. The fourth-order valence-electron chi connectivity index (χ4n) is 4.76. The van der Waals surface area contributed by atoms with Crippen molar-refractivity contribution in [2.24, 2.45) is 11.8 Å². The van der Waals surface area contributed by atoms with E-state index in [1.807, 2.05) is 22.9 Å². The largest absolute Gasteiger partial charge is 0.369 e. The second kappa shape index (κ2) is 4.63. The first-order valence-corrected chi connectivity index (χ1v) is 8.45. The third kappa shape index (κ3) is 1.70. The van der Waals surface area contributed by atoms with Gasteiger partial charge in [0.15, 0.2) is 0 Å². The molecular weight excluding hydrogens is 330 g/mol. The van der Waals surface area contributed by atoms with Crippen LogP contribution in [0.25, 0.3) is 5.52 Å². The van der Waals surface area contributed by atoms with Crippen molar-refractivity contribution in [1.29, 1.82) is 0 Å². The van der Waals surface area contributed by atoms with E-state index >= 15 is 0 Å². The Hall–Kier alpha value is -2.28. The molecule has 3 amide bonds. The van der Waals surface area contributed by atoms with Gasteiger partial charge in [-0.15, -0.1) is 0 Å². The molecule has 2 N–H and O–H groups in total. The van der Waals surface area contributed by atoms with Gasteiger partial charge in [0, 0.05) is 31.1 Å². The molecule has 1 saturated carbocycles. The minimum absolute atomic E-state index is 0.102. The van der Waals surface area contributed by atoms with Gasteiger partial charge in [0.1, 0.15) is 5.54 Å². The van der Waals surface area contributed by atoms with Crippen LogP contribution < -0.4 is 15.5 Å². The molecule has 1 spiro atoms. The number of anilines is 1. The molecule has 2 atom stereocenters. The van der Waals surface area contributed by atoms with Crippen molar-refractivity contribution in [2.75, 3.05) is 18.0 Å². The summed E-state index contributed by atoms with van der Waals surface area (Å²) < 4.78 is 1.91. The summed E-state index contributed by atoms with van der Waals surface area (Å²) in [6.07, 6.45) is 7.26. The Kier molecular flexibility index (Phi) is 2.72. The van der Waals surface area contributed by atoms with Gasteiger partial charge in [-0.25, -0.2) is 9.78 Å². The maximum Gasteiger partial charge on any atom is 0.322 e. The lowest BCUT2D eigenvalue weighted by molar-refractivity contribution is -0.127. The van der Waals surface area contributed by atoms with Gasteiger partial charge in [0.25, 0.3) is 5.91 Å². The highest BCUT2D eigenvalue weighted by Gasteiger charge is 2.62. The molecule has 3 aliphatic rings. The van der Waals surface area contributed by atoms with E-state index in [2.05, 4.69) is 20.5 Å². The highest BCUT2D eigenvalue weighted by Crippen LogP contribution is 2.48. The van der Waals surface area contributed by atoms with Crippen LogP contribution in [0.1, 0.15) is 12.8 Å². The number of piperidine rings is 1. The Balaban J connectivity index is 1.55. The van der Waals surface area contributed by atoms with E-state index < -0.39 is 5.54 Å². The predicted octanol–water partition coefficient (Wildman–Crippen LogP) is 1.41. The van der Waals surface area contributed by atoms with E-state index in [-0.39, 0.29) is 23.8 Å². The summed E-state index contributed by atoms with van der Waals surface area (Å²) in [4.78, 5) is 30.6. The number of nitrogens with zero attached hydrogens (tertiary/aromatic N) is 3. The van der Waals surface area contributed by atoms with Crippen molar-refractivity contribution in [2.45, 2.75) is 18.4 Å². The molecule has 2 bridgehead atoms. The molecule has 5 rings (SSSR count). The van der Waals surface area contributed by atoms with Crippen molar-refractivity contribution in [3.8, 4) is 0 Å². The third-order valence-corrected chi connectivity index (χ3v) is 5.97. The van der Waals surface area contributed by atoms with Crippen LogP contribution in [-0.2, 0) is 4.79 Å². The number of carbonyl (C=O) groups is 2. The molecule has 2 aromatic heterocycles. The van der Waals surface area contributed by atoms with E-state index in [4.69, 9.17) is 11.6 Å². The number of rotatable bonds is 1. The summed E-state index contributed by atoms with van der Waals surface area (Å²) in [5.41, 5.74) is 1.29. The van der Waals surface area contributed by atoms with Crippen molar-refractivity contribution in [3.63, 3.8) is 0 Å². The van der Waals surface area contributed by atoms with E-state index in [1.54, 1.807) is 6.33 Å². The standard InChI is InChI=1S/C16H16ClN5O2/c17-11-3-12(13-4-18-8-22(13)7-11)21-5-9-1-2-10(6-21)16(9)14(23)19-15(24)20-16/h3-4,7-10H,1-2,5-6H2,(H2,19,20,23,24). The summed E-state index contributed by atoms with van der Waals surface area (Å²) in [6, 6.07) is 1.58. The molecule has 2 aliphatic heterocycles. The molecule has 2 aromatic rings. The summed E-state index contributed by atoms with van der Waals surface area (Å²) in [6.45, 7) is 1.43. The van der Waals surface area contributed by atoms with Crippen LogP contribution in [0.2, 0.25) is 5.02 Å². The molecule has 1 aliphatic carbocycles. The Morgan fingerprint density at radius 2 is 2.00 bits per heavy atom. The normalized spacial score (nSPS) is 31.8. The molecule has 2 saturated heterocycles. The summed E-state index contributed by atoms with van der Waals surface area (Å²) >= 11 is 6.25. The molecule has 0 aromatic carbocycles. The van der Waals surface area contributed by atoms with Crippen molar-refractivity contribution in [1.82, 2.24) is 20.0 Å². The highest BCUT2D eigenvalue weighted by atomic mass is 35.5. The zero-order valence-electron chi connectivity index (χ0n) is 12.8. The fraction of sp³-hybridized carbons (Fsp3) is 0.438. The first kappa shape index (κ1) is 14.1. The molecule has 7 nitrogen and oxygen atoms in total.